The Morgan fingerprint density at radius 3 is 2.55 bits per heavy atom. The highest BCUT2D eigenvalue weighted by Gasteiger charge is 2.25. The highest BCUT2D eigenvalue weighted by Crippen LogP contribution is 2.30. The summed E-state index contributed by atoms with van der Waals surface area (Å²) in [7, 11) is 1.63. The molecule has 2 heterocycles. The number of rotatable bonds is 6. The summed E-state index contributed by atoms with van der Waals surface area (Å²) in [5.41, 5.74) is 2.37. The lowest BCUT2D eigenvalue weighted by Crippen LogP contribution is -2.34. The van der Waals surface area contributed by atoms with Crippen LogP contribution >= 0.6 is 0 Å². The third-order valence-corrected chi connectivity index (χ3v) is 5.36. The number of nitrogens with one attached hydrogen (secondary N) is 1. The van der Waals surface area contributed by atoms with Crippen molar-refractivity contribution in [1.29, 1.82) is 0 Å². The molecule has 4 aromatic rings. The lowest BCUT2D eigenvalue weighted by Gasteiger charge is -2.19. The molecule has 0 fully saturated rings. The van der Waals surface area contributed by atoms with E-state index in [1.807, 2.05) is 66.1 Å². The van der Waals surface area contributed by atoms with Crippen LogP contribution in [0.25, 0.3) is 21.8 Å². The average molecular weight is 388 g/mol. The van der Waals surface area contributed by atoms with Crippen molar-refractivity contribution in [3.8, 4) is 0 Å². The molecule has 1 amide bonds. The molecular formula is C23H24N4O2. The van der Waals surface area contributed by atoms with Gasteiger partial charge in [-0.1, -0.05) is 55.5 Å². The van der Waals surface area contributed by atoms with Gasteiger partial charge in [-0.05, 0) is 24.5 Å². The fraction of sp³-hybridized carbons (Fsp3) is 0.261. The largest absolute Gasteiger partial charge is 0.354 e. The maximum atomic E-state index is 13.1. The summed E-state index contributed by atoms with van der Waals surface area (Å²) in [5, 5.41) is 8.93. The molecule has 2 aromatic heterocycles. The number of aromatic nitrogens is 3. The molecule has 0 unspecified atom stereocenters. The number of hydrogen-bond donors (Lipinski definition) is 1. The van der Waals surface area contributed by atoms with Crippen LogP contribution in [0.2, 0.25) is 0 Å². The van der Waals surface area contributed by atoms with Crippen molar-refractivity contribution in [1.82, 2.24) is 19.7 Å². The first-order chi connectivity index (χ1) is 14.1. The number of amides is 1. The maximum absolute atomic E-state index is 13.1. The van der Waals surface area contributed by atoms with E-state index in [1.165, 1.54) is 10.2 Å². The highest BCUT2D eigenvalue weighted by atomic mass is 16.2. The molecule has 1 atom stereocenters. The van der Waals surface area contributed by atoms with Gasteiger partial charge in [0.05, 0.1) is 11.7 Å². The van der Waals surface area contributed by atoms with Crippen LogP contribution in [0.1, 0.15) is 24.9 Å². The van der Waals surface area contributed by atoms with E-state index in [0.29, 0.717) is 18.5 Å². The Balaban J connectivity index is 1.71. The summed E-state index contributed by atoms with van der Waals surface area (Å²) in [6.45, 7) is 2.52. The van der Waals surface area contributed by atoms with Crippen LogP contribution in [0.4, 0.5) is 0 Å². The van der Waals surface area contributed by atoms with E-state index in [0.717, 1.165) is 22.7 Å². The molecule has 0 aliphatic rings. The number of aryl methyl sites for hydroxylation is 1. The number of nitrogens with zero attached hydrogens (tertiary/aromatic N) is 3. The molecule has 6 nitrogen and oxygen atoms in total. The van der Waals surface area contributed by atoms with Crippen molar-refractivity contribution in [2.24, 2.45) is 7.05 Å². The summed E-state index contributed by atoms with van der Waals surface area (Å²) >= 11 is 0. The van der Waals surface area contributed by atoms with Gasteiger partial charge in [-0.2, -0.15) is 5.10 Å². The van der Waals surface area contributed by atoms with Crippen LogP contribution in [0.15, 0.2) is 65.6 Å². The summed E-state index contributed by atoms with van der Waals surface area (Å²) in [6, 6.07) is 17.4. The zero-order valence-electron chi connectivity index (χ0n) is 16.6. The van der Waals surface area contributed by atoms with E-state index in [-0.39, 0.29) is 11.5 Å². The molecule has 0 spiro atoms. The molecule has 4 rings (SSSR count). The van der Waals surface area contributed by atoms with Gasteiger partial charge in [0.1, 0.15) is 11.6 Å². The van der Waals surface area contributed by atoms with Crippen LogP contribution in [0, 0.1) is 0 Å². The molecule has 2 aromatic carbocycles. The highest BCUT2D eigenvalue weighted by molar-refractivity contribution is 6.08. The monoisotopic (exact) mass is 388 g/mol. The molecule has 0 aliphatic heterocycles. The molecule has 6 heteroatoms. The number of benzene rings is 2. The normalized spacial score (nSPS) is 12.3. The second kappa shape index (κ2) is 7.91. The van der Waals surface area contributed by atoms with Gasteiger partial charge in [0.25, 0.3) is 5.56 Å². The van der Waals surface area contributed by atoms with E-state index in [9.17, 15) is 9.59 Å². The summed E-state index contributed by atoms with van der Waals surface area (Å²) in [6.07, 6.45) is 3.05. The topological polar surface area (TPSA) is 68.9 Å². The average Bonchev–Trinajstić information content (AvgIpc) is 3.07. The first kappa shape index (κ1) is 18.9. The number of carbonyl (C=O) groups is 1. The van der Waals surface area contributed by atoms with Crippen molar-refractivity contribution in [2.45, 2.75) is 25.8 Å². The van der Waals surface area contributed by atoms with E-state index >= 15 is 0 Å². The van der Waals surface area contributed by atoms with E-state index in [4.69, 9.17) is 0 Å². The lowest BCUT2D eigenvalue weighted by molar-refractivity contribution is -0.124. The molecule has 0 aliphatic carbocycles. The minimum absolute atomic E-state index is 0.0788. The number of hydrogen-bond acceptors (Lipinski definition) is 3. The first-order valence-corrected chi connectivity index (χ1v) is 9.88. The molecule has 0 saturated heterocycles. The number of fused-ring (bicyclic) bond motifs is 3. The molecule has 148 valence electrons. The number of para-hydroxylation sites is 1. The summed E-state index contributed by atoms with van der Waals surface area (Å²) in [4.78, 5) is 26.0. The quantitative estimate of drug-likeness (QED) is 0.551. The SMILES string of the molecule is CC[C@H](C(=O)NCCc1ccccc1)n1c2ccccc2c2cnn(C)c(=O)c21. The van der Waals surface area contributed by atoms with Gasteiger partial charge in [0, 0.05) is 24.4 Å². The van der Waals surface area contributed by atoms with Crippen molar-refractivity contribution < 1.29 is 4.79 Å². The lowest BCUT2D eigenvalue weighted by atomic mass is 10.1. The Morgan fingerprint density at radius 1 is 1.07 bits per heavy atom. The Labute approximate surface area is 168 Å². The van der Waals surface area contributed by atoms with E-state index < -0.39 is 6.04 Å². The van der Waals surface area contributed by atoms with E-state index in [1.54, 1.807) is 13.2 Å². The minimum Gasteiger partial charge on any atom is -0.354 e. The zero-order chi connectivity index (χ0) is 20.4. The number of carbonyl (C=O) groups excluding carboxylic acids is 1. The predicted octanol–water partition coefficient (Wildman–Crippen LogP) is 3.20. The molecule has 1 N–H and O–H groups in total. The summed E-state index contributed by atoms with van der Waals surface area (Å²) < 4.78 is 3.20. The zero-order valence-corrected chi connectivity index (χ0v) is 16.6. The van der Waals surface area contributed by atoms with Crippen LogP contribution in [0.5, 0.6) is 0 Å². The third-order valence-electron chi connectivity index (χ3n) is 5.36. The summed E-state index contributed by atoms with van der Waals surface area (Å²) in [5.74, 6) is -0.0788. The van der Waals surface area contributed by atoms with E-state index in [2.05, 4.69) is 10.4 Å². The minimum atomic E-state index is -0.469. The van der Waals surface area contributed by atoms with Gasteiger partial charge in [0.15, 0.2) is 0 Å². The van der Waals surface area contributed by atoms with Crippen LogP contribution in [-0.2, 0) is 18.3 Å². The van der Waals surface area contributed by atoms with Crippen LogP contribution in [-0.4, -0.2) is 26.8 Å². The smallest absolute Gasteiger partial charge is 0.291 e. The van der Waals surface area contributed by atoms with Gasteiger partial charge in [-0.15, -0.1) is 0 Å². The molecule has 0 saturated carbocycles. The second-order valence-corrected chi connectivity index (χ2v) is 7.17. The molecule has 0 bridgehead atoms. The van der Waals surface area contributed by atoms with Gasteiger partial charge < -0.3 is 9.88 Å². The Hall–Kier alpha value is -3.41. The maximum Gasteiger partial charge on any atom is 0.291 e. The van der Waals surface area contributed by atoms with Crippen LogP contribution < -0.4 is 10.9 Å². The molecular weight excluding hydrogens is 364 g/mol. The molecule has 0 radical (unpaired) electrons. The van der Waals surface area contributed by atoms with Gasteiger partial charge >= 0.3 is 0 Å². The molecule has 29 heavy (non-hydrogen) atoms. The fourth-order valence-electron chi connectivity index (χ4n) is 3.89. The van der Waals surface area contributed by atoms with Crippen molar-refractivity contribution in [3.05, 3.63) is 76.7 Å². The third kappa shape index (κ3) is 3.42. The van der Waals surface area contributed by atoms with Gasteiger partial charge in [0.2, 0.25) is 5.91 Å². The Bertz CT molecular complexity index is 1220. The standard InChI is InChI=1S/C23H24N4O2/c1-3-19(22(28)24-14-13-16-9-5-4-6-10-16)27-20-12-8-7-11-17(20)18-15-25-26(2)23(29)21(18)27/h4-12,15,19H,3,13-14H2,1-2H3,(H,24,28)/t19-/m1/s1. The predicted molar refractivity (Wildman–Crippen MR) is 115 cm³/mol. The van der Waals surface area contributed by atoms with Crippen LogP contribution in [0.3, 0.4) is 0 Å². The second-order valence-electron chi connectivity index (χ2n) is 7.17. The van der Waals surface area contributed by atoms with Gasteiger partial charge in [-0.25, -0.2) is 4.68 Å². The van der Waals surface area contributed by atoms with Crippen molar-refractivity contribution >= 4 is 27.7 Å². The Kier molecular flexibility index (Phi) is 5.16. The van der Waals surface area contributed by atoms with Crippen molar-refractivity contribution in [2.75, 3.05) is 6.54 Å². The Morgan fingerprint density at radius 2 is 1.79 bits per heavy atom. The van der Waals surface area contributed by atoms with Crippen molar-refractivity contribution in [3.63, 3.8) is 0 Å². The first-order valence-electron chi connectivity index (χ1n) is 9.88. The fourth-order valence-corrected chi connectivity index (χ4v) is 3.89. The van der Waals surface area contributed by atoms with Gasteiger partial charge in [-0.3, -0.25) is 9.59 Å².